The van der Waals surface area contributed by atoms with Crippen molar-refractivity contribution in [2.24, 2.45) is 5.41 Å². The molecule has 1 aliphatic carbocycles. The Morgan fingerprint density at radius 3 is 1.54 bits per heavy atom. The highest BCUT2D eigenvalue weighted by Gasteiger charge is 2.14. The van der Waals surface area contributed by atoms with Gasteiger partial charge in [-0.25, -0.2) is 0 Å². The maximum Gasteiger partial charge on any atom is 0.00702 e. The largest absolute Gasteiger partial charge is 0.0955 e. The summed E-state index contributed by atoms with van der Waals surface area (Å²) in [7, 11) is 0. The third kappa shape index (κ3) is 22.6. The summed E-state index contributed by atoms with van der Waals surface area (Å²) < 4.78 is 0. The van der Waals surface area contributed by atoms with Crippen molar-refractivity contribution < 1.29 is 0 Å². The molecule has 3 rings (SSSR count). The summed E-state index contributed by atoms with van der Waals surface area (Å²) in [6.07, 6.45) is 22.8. The maximum absolute atomic E-state index is 4.05. The molecule has 2 aromatic carbocycles. The lowest BCUT2D eigenvalue weighted by molar-refractivity contribution is 0.561. The molecule has 0 saturated heterocycles. The summed E-state index contributed by atoms with van der Waals surface area (Å²) >= 11 is 0. The van der Waals surface area contributed by atoms with Crippen LogP contribution < -0.4 is 0 Å². The lowest BCUT2D eigenvalue weighted by atomic mass is 9.85. The van der Waals surface area contributed by atoms with Crippen LogP contribution in [0.2, 0.25) is 0 Å². The van der Waals surface area contributed by atoms with Crippen molar-refractivity contribution in [3.63, 3.8) is 0 Å². The first-order valence-corrected chi connectivity index (χ1v) is 14.6. The molecule has 0 aliphatic heterocycles. The van der Waals surface area contributed by atoms with E-state index in [1.165, 1.54) is 34.2 Å². The van der Waals surface area contributed by atoms with Gasteiger partial charge in [-0.1, -0.05) is 184 Å². The lowest BCUT2D eigenvalue weighted by Gasteiger charge is -2.19. The van der Waals surface area contributed by atoms with Crippen LogP contribution in [0.3, 0.4) is 0 Å². The molecule has 39 heavy (non-hydrogen) atoms. The van der Waals surface area contributed by atoms with E-state index in [1.54, 1.807) is 0 Å². The van der Waals surface area contributed by atoms with E-state index in [4.69, 9.17) is 0 Å². The zero-order valence-corrected chi connectivity index (χ0v) is 27.1. The Morgan fingerprint density at radius 2 is 1.15 bits per heavy atom. The highest BCUT2D eigenvalue weighted by Crippen LogP contribution is 2.26. The molecule has 0 heterocycles. The van der Waals surface area contributed by atoms with Gasteiger partial charge in [0.05, 0.1) is 0 Å². The summed E-state index contributed by atoms with van der Waals surface area (Å²) in [5, 5.41) is 0. The van der Waals surface area contributed by atoms with Gasteiger partial charge in [0.25, 0.3) is 0 Å². The average molecular weight is 527 g/mol. The molecule has 2 aromatic rings. The summed E-state index contributed by atoms with van der Waals surface area (Å²) in [4.78, 5) is 0. The van der Waals surface area contributed by atoms with Crippen molar-refractivity contribution in [1.82, 2.24) is 0 Å². The minimum absolute atomic E-state index is 0.0937. The molecular formula is C39H58. The van der Waals surface area contributed by atoms with E-state index in [9.17, 15) is 0 Å². The van der Waals surface area contributed by atoms with Gasteiger partial charge in [-0.2, -0.15) is 0 Å². The van der Waals surface area contributed by atoms with Crippen molar-refractivity contribution in [3.8, 4) is 0 Å². The molecule has 0 aromatic heterocycles. The monoisotopic (exact) mass is 526 g/mol. The van der Waals surface area contributed by atoms with Crippen molar-refractivity contribution in [3.05, 3.63) is 143 Å². The van der Waals surface area contributed by atoms with Crippen molar-refractivity contribution in [2.45, 2.75) is 95.4 Å². The molecule has 0 spiro atoms. The Hall–Kier alpha value is -3.12. The minimum Gasteiger partial charge on any atom is -0.0955 e. The minimum atomic E-state index is 0.0937. The average Bonchev–Trinajstić information content (AvgIpc) is 2.91. The van der Waals surface area contributed by atoms with Gasteiger partial charge in [-0.15, -0.1) is 0 Å². The normalized spacial score (nSPS) is 20.2. The molecule has 0 N–H and O–H groups in total. The molecule has 0 radical (unpaired) electrons. The van der Waals surface area contributed by atoms with E-state index in [0.717, 1.165) is 18.4 Å². The van der Waals surface area contributed by atoms with E-state index < -0.39 is 0 Å². The van der Waals surface area contributed by atoms with Gasteiger partial charge in [-0.3, -0.25) is 0 Å². The van der Waals surface area contributed by atoms with Crippen LogP contribution in [0.4, 0.5) is 0 Å². The highest BCUT2D eigenvalue weighted by atomic mass is 14.2. The van der Waals surface area contributed by atoms with E-state index >= 15 is 0 Å². The zero-order chi connectivity index (χ0) is 30.1. The fourth-order valence-corrected chi connectivity index (χ4v) is 3.24. The SMILES string of the molecule is C=C1/C=C\C=C/C(C)(C=CC)C/C=C\C(C)=C/C1.CC.CCC.Cc1ccc(C)cc1.Cc1ccc(C)cc1. The fraction of sp³-hybridized carbons (Fsp3) is 0.385. The number of hydrogen-bond acceptors (Lipinski definition) is 0. The predicted octanol–water partition coefficient (Wildman–Crippen LogP) is 12.6. The molecule has 214 valence electrons. The van der Waals surface area contributed by atoms with Gasteiger partial charge in [0, 0.05) is 5.41 Å². The van der Waals surface area contributed by atoms with Crippen LogP contribution in [0.25, 0.3) is 0 Å². The Morgan fingerprint density at radius 1 is 0.744 bits per heavy atom. The first kappa shape index (κ1) is 38.0. The second-order valence-electron chi connectivity index (χ2n) is 10.2. The third-order valence-electron chi connectivity index (χ3n) is 5.53. The first-order chi connectivity index (χ1) is 18.5. The first-order valence-electron chi connectivity index (χ1n) is 14.6. The quantitative estimate of drug-likeness (QED) is 0.324. The van der Waals surface area contributed by atoms with Crippen LogP contribution >= 0.6 is 0 Å². The summed E-state index contributed by atoms with van der Waals surface area (Å²) in [6.45, 7) is 27.1. The molecule has 1 unspecified atom stereocenters. The summed E-state index contributed by atoms with van der Waals surface area (Å²) in [5.41, 5.74) is 7.85. The Balaban J connectivity index is 0. The number of allylic oxidation sites excluding steroid dienone is 11. The van der Waals surface area contributed by atoms with E-state index in [-0.39, 0.29) is 5.41 Å². The Bertz CT molecular complexity index is 935. The highest BCUT2D eigenvalue weighted by molar-refractivity contribution is 5.28. The van der Waals surface area contributed by atoms with Crippen molar-refractivity contribution >= 4 is 0 Å². The van der Waals surface area contributed by atoms with Crippen molar-refractivity contribution in [2.75, 3.05) is 0 Å². The van der Waals surface area contributed by atoms with Gasteiger partial charge in [0.15, 0.2) is 0 Å². The number of benzene rings is 2. The maximum atomic E-state index is 4.05. The molecule has 0 nitrogen and oxygen atoms in total. The van der Waals surface area contributed by atoms with Gasteiger partial charge >= 0.3 is 0 Å². The molecular weight excluding hydrogens is 468 g/mol. The topological polar surface area (TPSA) is 0 Å². The molecule has 0 saturated carbocycles. The lowest BCUT2D eigenvalue weighted by Crippen LogP contribution is -2.07. The van der Waals surface area contributed by atoms with Crippen LogP contribution in [0.1, 0.15) is 90.0 Å². The molecule has 0 bridgehead atoms. The van der Waals surface area contributed by atoms with Gasteiger partial charge in [0.2, 0.25) is 0 Å². The number of aryl methyl sites for hydroxylation is 4. The van der Waals surface area contributed by atoms with Gasteiger partial charge < -0.3 is 0 Å². The molecule has 0 fully saturated rings. The van der Waals surface area contributed by atoms with Crippen LogP contribution in [0.15, 0.2) is 121 Å². The van der Waals surface area contributed by atoms with Crippen LogP contribution in [-0.4, -0.2) is 0 Å². The van der Waals surface area contributed by atoms with Gasteiger partial charge in [-0.05, 0) is 54.4 Å². The third-order valence-corrected chi connectivity index (χ3v) is 5.53. The van der Waals surface area contributed by atoms with Crippen LogP contribution in [-0.2, 0) is 0 Å². The van der Waals surface area contributed by atoms with Crippen LogP contribution in [0.5, 0.6) is 0 Å². The van der Waals surface area contributed by atoms with E-state index in [0.29, 0.717) is 0 Å². The van der Waals surface area contributed by atoms with Gasteiger partial charge in [0.1, 0.15) is 0 Å². The number of hydrogen-bond donors (Lipinski definition) is 0. The Kier molecular flexibility index (Phi) is 23.4. The molecule has 0 amide bonds. The Labute approximate surface area is 243 Å². The predicted molar refractivity (Wildman–Crippen MR) is 182 cm³/mol. The van der Waals surface area contributed by atoms with Crippen molar-refractivity contribution in [1.29, 1.82) is 0 Å². The smallest absolute Gasteiger partial charge is 0.00702 e. The molecule has 0 heteroatoms. The number of rotatable bonds is 1. The summed E-state index contributed by atoms with van der Waals surface area (Å²) in [5.74, 6) is 0. The second-order valence-corrected chi connectivity index (χ2v) is 10.2. The standard InChI is InChI=1S/C18H24.2C8H10.C3H8.C2H6/c1-5-13-18(4)14-7-6-9-16(2)11-12-17(3)10-8-15-18;2*1-7-3-5-8(2)6-4-7;1-3-2;1-2/h5-10,12-14H,2,11,15H2,1,3-4H3;2*3-6H,1-2H3;3H2,1-2H3;1-2H3/b9-6-,10-8-,13-5?,14-7-,17-12-;;;;. The van der Waals surface area contributed by atoms with E-state index in [2.05, 4.69) is 172 Å². The van der Waals surface area contributed by atoms with E-state index in [1.807, 2.05) is 13.8 Å². The zero-order valence-electron chi connectivity index (χ0n) is 27.1. The second kappa shape index (κ2) is 24.0. The molecule has 1 aliphatic rings. The van der Waals surface area contributed by atoms with Crippen LogP contribution in [0, 0.1) is 33.1 Å². The fourth-order valence-electron chi connectivity index (χ4n) is 3.24. The summed E-state index contributed by atoms with van der Waals surface area (Å²) in [6, 6.07) is 17.0. The molecule has 1 atom stereocenters.